The monoisotopic (exact) mass is 458 g/mol. The van der Waals surface area contributed by atoms with Crippen LogP contribution in [0.4, 0.5) is 11.4 Å². The third kappa shape index (κ3) is 4.66. The molecular weight excluding hydrogens is 432 g/mol. The van der Waals surface area contributed by atoms with E-state index in [1.54, 1.807) is 23.1 Å². The molecular formula is C27H26N2O3S. The molecule has 6 heteroatoms. The summed E-state index contributed by atoms with van der Waals surface area (Å²) in [6.45, 7) is 4.18. The third-order valence-corrected chi connectivity index (χ3v) is 6.48. The highest BCUT2D eigenvalue weighted by Crippen LogP contribution is 2.39. The molecule has 1 aliphatic heterocycles. The highest BCUT2D eigenvalue weighted by atomic mass is 32.2. The molecule has 0 spiro atoms. The van der Waals surface area contributed by atoms with Crippen LogP contribution < -0.4 is 9.64 Å². The lowest BCUT2D eigenvalue weighted by Gasteiger charge is -2.19. The van der Waals surface area contributed by atoms with E-state index in [0.717, 1.165) is 40.9 Å². The second kappa shape index (κ2) is 9.96. The van der Waals surface area contributed by atoms with Gasteiger partial charge in [0, 0.05) is 0 Å². The summed E-state index contributed by atoms with van der Waals surface area (Å²) in [5.41, 5.74) is 4.68. The van der Waals surface area contributed by atoms with E-state index in [0.29, 0.717) is 15.8 Å². The van der Waals surface area contributed by atoms with E-state index in [-0.39, 0.29) is 11.7 Å². The molecule has 0 aliphatic carbocycles. The number of aromatic hydroxyl groups is 1. The number of carbonyl (C=O) groups is 1. The number of hydrogen-bond acceptors (Lipinski definition) is 5. The summed E-state index contributed by atoms with van der Waals surface area (Å²) >= 11 is 1.35. The summed E-state index contributed by atoms with van der Waals surface area (Å²) in [6, 6.07) is 21.0. The first-order chi connectivity index (χ1) is 16.0. The summed E-state index contributed by atoms with van der Waals surface area (Å²) < 4.78 is 5.22. The van der Waals surface area contributed by atoms with Crippen LogP contribution in [0.1, 0.15) is 30.5 Å². The minimum absolute atomic E-state index is 0.0574. The molecule has 168 valence electrons. The van der Waals surface area contributed by atoms with Gasteiger partial charge in [0.15, 0.2) is 16.7 Å². The smallest absolute Gasteiger partial charge is 0.271 e. The van der Waals surface area contributed by atoms with E-state index in [1.165, 1.54) is 18.9 Å². The maximum absolute atomic E-state index is 13.6. The number of amidine groups is 1. The van der Waals surface area contributed by atoms with Crippen LogP contribution in [-0.2, 0) is 17.6 Å². The Bertz CT molecular complexity index is 1250. The van der Waals surface area contributed by atoms with Crippen LogP contribution in [0.3, 0.4) is 0 Å². The molecule has 0 radical (unpaired) electrons. The summed E-state index contributed by atoms with van der Waals surface area (Å²) in [5, 5.41) is 10.5. The molecule has 0 aromatic heterocycles. The van der Waals surface area contributed by atoms with Crippen molar-refractivity contribution in [1.82, 2.24) is 0 Å². The lowest BCUT2D eigenvalue weighted by Crippen LogP contribution is -2.29. The molecule has 1 fully saturated rings. The number of rotatable bonds is 6. The number of aryl methyl sites for hydroxylation is 2. The van der Waals surface area contributed by atoms with Crippen molar-refractivity contribution < 1.29 is 14.6 Å². The van der Waals surface area contributed by atoms with Crippen LogP contribution in [0.15, 0.2) is 76.6 Å². The van der Waals surface area contributed by atoms with Gasteiger partial charge in [-0.05, 0) is 71.6 Å². The van der Waals surface area contributed by atoms with Crippen molar-refractivity contribution in [2.75, 3.05) is 12.0 Å². The van der Waals surface area contributed by atoms with Gasteiger partial charge < -0.3 is 9.84 Å². The Labute approximate surface area is 198 Å². The molecule has 1 N–H and O–H groups in total. The first kappa shape index (κ1) is 22.7. The maximum Gasteiger partial charge on any atom is 0.271 e. The Morgan fingerprint density at radius 3 is 2.42 bits per heavy atom. The molecule has 0 atom stereocenters. The highest BCUT2D eigenvalue weighted by molar-refractivity contribution is 8.19. The molecule has 0 saturated carbocycles. The van der Waals surface area contributed by atoms with Crippen molar-refractivity contribution in [2.45, 2.75) is 26.7 Å². The second-order valence-electron chi connectivity index (χ2n) is 7.54. The van der Waals surface area contributed by atoms with Gasteiger partial charge in [0.05, 0.1) is 23.4 Å². The fourth-order valence-electron chi connectivity index (χ4n) is 3.75. The third-order valence-electron chi connectivity index (χ3n) is 5.51. The maximum atomic E-state index is 13.6. The number of nitrogens with zero attached hydrogens (tertiary/aromatic N) is 2. The zero-order valence-corrected chi connectivity index (χ0v) is 19.7. The standard InChI is InChI=1S/C27H26N2O3S/c1-4-19-10-6-8-12-21(19)28-27-29(22-13-9-7-11-20(22)5-2)26(31)25(33-27)17-18-14-15-23(30)24(16-18)32-3/h6-17,30H,4-5H2,1-3H3/b25-17-,28-27?. The first-order valence-corrected chi connectivity index (χ1v) is 11.7. The van der Waals surface area contributed by atoms with E-state index >= 15 is 0 Å². The molecule has 3 aromatic rings. The predicted molar refractivity (Wildman–Crippen MR) is 136 cm³/mol. The van der Waals surface area contributed by atoms with Crippen molar-refractivity contribution in [3.05, 3.63) is 88.3 Å². The lowest BCUT2D eigenvalue weighted by molar-refractivity contribution is -0.113. The number of phenolic OH excluding ortho intramolecular Hbond substituents is 1. The summed E-state index contributed by atoms with van der Waals surface area (Å²) in [5.74, 6) is 0.293. The number of thioether (sulfide) groups is 1. The Kier molecular flexibility index (Phi) is 6.84. The van der Waals surface area contributed by atoms with E-state index < -0.39 is 0 Å². The first-order valence-electron chi connectivity index (χ1n) is 10.9. The molecule has 4 rings (SSSR count). The topological polar surface area (TPSA) is 62.1 Å². The largest absolute Gasteiger partial charge is 0.504 e. The van der Waals surface area contributed by atoms with Gasteiger partial charge in [-0.15, -0.1) is 0 Å². The van der Waals surface area contributed by atoms with E-state index in [9.17, 15) is 9.90 Å². The molecule has 1 amide bonds. The van der Waals surface area contributed by atoms with Gasteiger partial charge in [0.2, 0.25) is 0 Å². The SMILES string of the molecule is CCc1ccccc1N=C1S/C(=C\c2ccc(O)c(OC)c2)C(=O)N1c1ccccc1CC. The van der Waals surface area contributed by atoms with Gasteiger partial charge in [0.1, 0.15) is 0 Å². The van der Waals surface area contributed by atoms with Gasteiger partial charge in [-0.2, -0.15) is 0 Å². The Hall–Kier alpha value is -3.51. The van der Waals surface area contributed by atoms with Gasteiger partial charge in [-0.25, -0.2) is 4.99 Å². The number of carbonyl (C=O) groups excluding carboxylic acids is 1. The van der Waals surface area contributed by atoms with Gasteiger partial charge in [-0.3, -0.25) is 9.69 Å². The van der Waals surface area contributed by atoms with Gasteiger partial charge in [-0.1, -0.05) is 56.3 Å². The lowest BCUT2D eigenvalue weighted by atomic mass is 10.1. The molecule has 0 unspecified atom stereocenters. The average molecular weight is 459 g/mol. The van der Waals surface area contributed by atoms with Crippen LogP contribution in [0.5, 0.6) is 11.5 Å². The van der Waals surface area contributed by atoms with Crippen LogP contribution in [0.2, 0.25) is 0 Å². The average Bonchev–Trinajstić information content (AvgIpc) is 3.14. The molecule has 1 saturated heterocycles. The molecule has 3 aromatic carbocycles. The number of amides is 1. The van der Waals surface area contributed by atoms with Crippen LogP contribution in [0, 0.1) is 0 Å². The zero-order chi connectivity index (χ0) is 23.4. The summed E-state index contributed by atoms with van der Waals surface area (Å²) in [4.78, 5) is 20.8. The number of ether oxygens (including phenoxy) is 1. The number of hydrogen-bond donors (Lipinski definition) is 1. The molecule has 5 nitrogen and oxygen atoms in total. The van der Waals surface area contributed by atoms with Crippen molar-refractivity contribution in [3.63, 3.8) is 0 Å². The van der Waals surface area contributed by atoms with Crippen molar-refractivity contribution in [3.8, 4) is 11.5 Å². The van der Waals surface area contributed by atoms with E-state index in [4.69, 9.17) is 9.73 Å². The Morgan fingerprint density at radius 2 is 1.70 bits per heavy atom. The summed E-state index contributed by atoms with van der Waals surface area (Å²) in [6.07, 6.45) is 3.47. The van der Waals surface area contributed by atoms with Gasteiger partial charge in [0.25, 0.3) is 5.91 Å². The highest BCUT2D eigenvalue weighted by Gasteiger charge is 2.35. The number of para-hydroxylation sites is 2. The fourth-order valence-corrected chi connectivity index (χ4v) is 4.73. The number of aliphatic imine (C=N–C) groups is 1. The molecule has 1 aliphatic rings. The van der Waals surface area contributed by atoms with Crippen molar-refractivity contribution in [1.29, 1.82) is 0 Å². The number of methoxy groups -OCH3 is 1. The predicted octanol–water partition coefficient (Wildman–Crippen LogP) is 6.33. The fraction of sp³-hybridized carbons (Fsp3) is 0.185. The van der Waals surface area contributed by atoms with E-state index in [1.807, 2.05) is 48.5 Å². The normalized spacial score (nSPS) is 16.1. The zero-order valence-electron chi connectivity index (χ0n) is 18.9. The quantitative estimate of drug-likeness (QED) is 0.438. The molecule has 33 heavy (non-hydrogen) atoms. The van der Waals surface area contributed by atoms with Crippen LogP contribution in [-0.4, -0.2) is 23.3 Å². The van der Waals surface area contributed by atoms with E-state index in [2.05, 4.69) is 19.9 Å². The van der Waals surface area contributed by atoms with Crippen LogP contribution >= 0.6 is 11.8 Å². The van der Waals surface area contributed by atoms with Gasteiger partial charge >= 0.3 is 0 Å². The second-order valence-corrected chi connectivity index (χ2v) is 8.55. The van der Waals surface area contributed by atoms with Crippen molar-refractivity contribution in [2.24, 2.45) is 4.99 Å². The number of anilines is 1. The van der Waals surface area contributed by atoms with Crippen LogP contribution in [0.25, 0.3) is 6.08 Å². The number of benzene rings is 3. The Balaban J connectivity index is 1.83. The molecule has 0 bridgehead atoms. The molecule has 1 heterocycles. The number of phenols is 1. The van der Waals surface area contributed by atoms with Crippen molar-refractivity contribution >= 4 is 40.3 Å². The Morgan fingerprint density at radius 1 is 1.00 bits per heavy atom. The minimum Gasteiger partial charge on any atom is -0.504 e. The minimum atomic E-state index is -0.124. The summed E-state index contributed by atoms with van der Waals surface area (Å²) in [7, 11) is 1.50.